The summed E-state index contributed by atoms with van der Waals surface area (Å²) in [6.07, 6.45) is 2.35. The number of halogens is 1. The van der Waals surface area contributed by atoms with Crippen molar-refractivity contribution in [2.24, 2.45) is 0 Å². The summed E-state index contributed by atoms with van der Waals surface area (Å²) in [6.45, 7) is 0.565. The molecule has 0 saturated carbocycles. The minimum atomic E-state index is -0.355. The predicted octanol–water partition coefficient (Wildman–Crippen LogP) is 1.38. The van der Waals surface area contributed by atoms with Gasteiger partial charge < -0.3 is 0 Å². The topological polar surface area (TPSA) is 54.9 Å². The number of aromatic nitrogens is 2. The Morgan fingerprint density at radius 3 is 2.59 bits per heavy atom. The van der Waals surface area contributed by atoms with Crippen molar-refractivity contribution < 1.29 is 0 Å². The van der Waals surface area contributed by atoms with E-state index in [0.29, 0.717) is 10.1 Å². The molecule has 0 aliphatic rings. The summed E-state index contributed by atoms with van der Waals surface area (Å²) in [4.78, 5) is 25.0. The Balaban J connectivity index is 2.18. The molecule has 17 heavy (non-hydrogen) atoms. The number of H-pyrrole nitrogens is 1. The lowest BCUT2D eigenvalue weighted by Crippen LogP contribution is -2.31. The molecule has 0 bridgehead atoms. The van der Waals surface area contributed by atoms with E-state index in [1.54, 1.807) is 6.20 Å². The minimum Gasteiger partial charge on any atom is -0.299 e. The van der Waals surface area contributed by atoms with Gasteiger partial charge in [-0.1, -0.05) is 30.3 Å². The van der Waals surface area contributed by atoms with Crippen LogP contribution in [0.3, 0.4) is 0 Å². The number of aryl methyl sites for hydroxylation is 2. The first-order chi connectivity index (χ1) is 8.16. The van der Waals surface area contributed by atoms with Crippen LogP contribution >= 0.6 is 22.6 Å². The first-order valence-corrected chi connectivity index (χ1v) is 6.28. The van der Waals surface area contributed by atoms with Crippen molar-refractivity contribution in [3.8, 4) is 0 Å². The number of nitrogens with one attached hydrogen (secondary N) is 1. The highest BCUT2D eigenvalue weighted by Crippen LogP contribution is 2.01. The van der Waals surface area contributed by atoms with E-state index < -0.39 is 0 Å². The predicted molar refractivity (Wildman–Crippen MR) is 74.2 cm³/mol. The normalized spacial score (nSPS) is 10.4. The van der Waals surface area contributed by atoms with Crippen LogP contribution in [0.25, 0.3) is 0 Å². The van der Waals surface area contributed by atoms with Crippen molar-refractivity contribution in [2.45, 2.75) is 13.0 Å². The average Bonchev–Trinajstić information content (AvgIpc) is 2.33. The van der Waals surface area contributed by atoms with Gasteiger partial charge in [0.15, 0.2) is 0 Å². The highest BCUT2D eigenvalue weighted by molar-refractivity contribution is 14.1. The molecule has 5 heteroatoms. The van der Waals surface area contributed by atoms with Crippen molar-refractivity contribution in [3.05, 3.63) is 66.5 Å². The zero-order valence-electron chi connectivity index (χ0n) is 9.02. The van der Waals surface area contributed by atoms with Gasteiger partial charge in [0, 0.05) is 12.7 Å². The molecule has 0 spiro atoms. The van der Waals surface area contributed by atoms with Gasteiger partial charge in [0.05, 0.1) is 3.57 Å². The van der Waals surface area contributed by atoms with Crippen LogP contribution in [0.5, 0.6) is 0 Å². The van der Waals surface area contributed by atoms with Crippen LogP contribution in [0.15, 0.2) is 46.1 Å². The second kappa shape index (κ2) is 5.31. The molecule has 0 unspecified atom stereocenters. The van der Waals surface area contributed by atoms with E-state index in [9.17, 15) is 9.59 Å². The van der Waals surface area contributed by atoms with E-state index in [-0.39, 0.29) is 11.2 Å². The van der Waals surface area contributed by atoms with E-state index in [0.717, 1.165) is 6.42 Å². The number of nitrogens with zero attached hydrogens (tertiary/aromatic N) is 1. The number of hydrogen-bond acceptors (Lipinski definition) is 2. The molecule has 0 atom stereocenters. The monoisotopic (exact) mass is 342 g/mol. The van der Waals surface area contributed by atoms with Crippen LogP contribution in [-0.2, 0) is 13.0 Å². The van der Waals surface area contributed by atoms with E-state index in [1.165, 1.54) is 10.1 Å². The van der Waals surface area contributed by atoms with Crippen molar-refractivity contribution in [3.63, 3.8) is 0 Å². The number of rotatable bonds is 3. The Morgan fingerprint density at radius 2 is 1.88 bits per heavy atom. The van der Waals surface area contributed by atoms with Gasteiger partial charge in [-0.3, -0.25) is 14.3 Å². The van der Waals surface area contributed by atoms with Gasteiger partial charge in [-0.15, -0.1) is 0 Å². The van der Waals surface area contributed by atoms with Crippen LogP contribution in [0.4, 0.5) is 0 Å². The summed E-state index contributed by atoms with van der Waals surface area (Å²) < 4.78 is 2.05. The number of benzene rings is 1. The van der Waals surface area contributed by atoms with Gasteiger partial charge >= 0.3 is 5.69 Å². The molecule has 0 radical (unpaired) electrons. The third-order valence-corrected chi connectivity index (χ3v) is 3.22. The molecule has 1 aromatic heterocycles. The minimum absolute atomic E-state index is 0.327. The Labute approximate surface area is 111 Å². The Morgan fingerprint density at radius 1 is 1.18 bits per heavy atom. The van der Waals surface area contributed by atoms with E-state index in [4.69, 9.17) is 0 Å². The highest BCUT2D eigenvalue weighted by atomic mass is 127. The van der Waals surface area contributed by atoms with Gasteiger partial charge in [0.2, 0.25) is 0 Å². The molecule has 1 N–H and O–H groups in total. The van der Waals surface area contributed by atoms with Crippen molar-refractivity contribution in [1.29, 1.82) is 0 Å². The maximum Gasteiger partial charge on any atom is 0.328 e. The second-order valence-corrected chi connectivity index (χ2v) is 4.83. The van der Waals surface area contributed by atoms with Crippen LogP contribution in [0.2, 0.25) is 0 Å². The zero-order valence-corrected chi connectivity index (χ0v) is 11.2. The molecular weight excluding hydrogens is 331 g/mol. The van der Waals surface area contributed by atoms with Crippen molar-refractivity contribution in [1.82, 2.24) is 9.55 Å². The maximum absolute atomic E-state index is 11.5. The fraction of sp³-hybridized carbons (Fsp3) is 0.167. The Kier molecular flexibility index (Phi) is 3.78. The van der Waals surface area contributed by atoms with Crippen molar-refractivity contribution >= 4 is 22.6 Å². The van der Waals surface area contributed by atoms with Crippen LogP contribution in [-0.4, -0.2) is 9.55 Å². The molecule has 2 aromatic rings. The standard InChI is InChI=1S/C12H11IN2O2/c13-10-8-15(12(17)14-11(10)16)7-6-9-4-2-1-3-5-9/h1-5,8H,6-7H2,(H,14,16,17). The molecular formula is C12H11IN2O2. The quantitative estimate of drug-likeness (QED) is 0.857. The molecule has 88 valence electrons. The fourth-order valence-corrected chi connectivity index (χ4v) is 2.01. The smallest absolute Gasteiger partial charge is 0.299 e. The van der Waals surface area contributed by atoms with Crippen LogP contribution in [0.1, 0.15) is 5.56 Å². The summed E-state index contributed by atoms with van der Waals surface area (Å²) in [6, 6.07) is 9.92. The van der Waals surface area contributed by atoms with Gasteiger partial charge in [-0.25, -0.2) is 4.79 Å². The molecule has 4 nitrogen and oxygen atoms in total. The fourth-order valence-electron chi connectivity index (χ4n) is 1.54. The lowest BCUT2D eigenvalue weighted by atomic mass is 10.1. The number of aromatic amines is 1. The van der Waals surface area contributed by atoms with E-state index in [2.05, 4.69) is 4.98 Å². The molecule has 1 heterocycles. The zero-order chi connectivity index (χ0) is 12.3. The van der Waals surface area contributed by atoms with E-state index in [1.807, 2.05) is 52.9 Å². The molecule has 0 aliphatic carbocycles. The summed E-state index contributed by atoms with van der Waals surface area (Å²) in [5.74, 6) is 0. The SMILES string of the molecule is O=c1[nH]c(=O)n(CCc2ccccc2)cc1I. The molecule has 2 rings (SSSR count). The van der Waals surface area contributed by atoms with Gasteiger partial charge in [0.1, 0.15) is 0 Å². The highest BCUT2D eigenvalue weighted by Gasteiger charge is 2.01. The Hall–Kier alpha value is -1.37. The van der Waals surface area contributed by atoms with Crippen LogP contribution < -0.4 is 11.2 Å². The molecule has 1 aromatic carbocycles. The molecule has 0 fully saturated rings. The lowest BCUT2D eigenvalue weighted by molar-refractivity contribution is 0.642. The average molecular weight is 342 g/mol. The van der Waals surface area contributed by atoms with E-state index >= 15 is 0 Å². The van der Waals surface area contributed by atoms with Gasteiger partial charge in [0.25, 0.3) is 5.56 Å². The largest absolute Gasteiger partial charge is 0.328 e. The third kappa shape index (κ3) is 3.06. The summed E-state index contributed by atoms with van der Waals surface area (Å²) in [5.41, 5.74) is 0.485. The maximum atomic E-state index is 11.5. The molecule has 0 amide bonds. The van der Waals surface area contributed by atoms with Gasteiger partial charge in [-0.2, -0.15) is 0 Å². The lowest BCUT2D eigenvalue weighted by Gasteiger charge is -2.05. The first kappa shape index (κ1) is 12.1. The summed E-state index contributed by atoms with van der Waals surface area (Å²) in [5, 5.41) is 0. The number of hydrogen-bond donors (Lipinski definition) is 1. The van der Waals surface area contributed by atoms with Crippen LogP contribution in [0, 0.1) is 3.57 Å². The Bertz CT molecular complexity index is 616. The molecule has 0 saturated heterocycles. The van der Waals surface area contributed by atoms with Crippen molar-refractivity contribution in [2.75, 3.05) is 0 Å². The third-order valence-electron chi connectivity index (χ3n) is 2.45. The summed E-state index contributed by atoms with van der Waals surface area (Å²) >= 11 is 1.92. The van der Waals surface area contributed by atoms with Gasteiger partial charge in [-0.05, 0) is 34.6 Å². The first-order valence-electron chi connectivity index (χ1n) is 5.20. The summed E-state index contributed by atoms with van der Waals surface area (Å²) in [7, 11) is 0. The second-order valence-electron chi connectivity index (χ2n) is 3.67. The molecule has 0 aliphatic heterocycles.